The van der Waals surface area contributed by atoms with Gasteiger partial charge in [-0.15, -0.1) is 16.9 Å². The van der Waals surface area contributed by atoms with Crippen LogP contribution in [0.3, 0.4) is 0 Å². The fraction of sp³-hybridized carbons (Fsp3) is 0.250. The van der Waals surface area contributed by atoms with Crippen molar-refractivity contribution in [3.05, 3.63) is 48.5 Å². The van der Waals surface area contributed by atoms with E-state index in [0.29, 0.717) is 16.8 Å². The Balaban J connectivity index is 1.40. The number of carbonyl (C=O) groups excluding carboxylic acids is 1. The van der Waals surface area contributed by atoms with Crippen LogP contribution in [0.2, 0.25) is 0 Å². The van der Waals surface area contributed by atoms with Crippen LogP contribution in [0.5, 0.6) is 0 Å². The van der Waals surface area contributed by atoms with E-state index in [1.165, 1.54) is 16.7 Å². The first kappa shape index (κ1) is 17.6. The number of aromatic amines is 1. The lowest BCUT2D eigenvalue weighted by Crippen LogP contribution is -2.33. The van der Waals surface area contributed by atoms with Gasteiger partial charge in [0.2, 0.25) is 11.7 Å². The van der Waals surface area contributed by atoms with E-state index in [2.05, 4.69) is 28.2 Å². The molecule has 142 valence electrons. The number of fused-ring (bicyclic) bond motifs is 4. The number of hydrogen-bond acceptors (Lipinski definition) is 5. The Morgan fingerprint density at radius 1 is 1.25 bits per heavy atom. The predicted molar refractivity (Wildman–Crippen MR) is 114 cm³/mol. The van der Waals surface area contributed by atoms with Gasteiger partial charge >= 0.3 is 0 Å². The maximum Gasteiger partial charge on any atom is 0.237 e. The summed E-state index contributed by atoms with van der Waals surface area (Å²) in [5, 5.41) is 8.57. The van der Waals surface area contributed by atoms with Crippen LogP contribution in [-0.2, 0) is 4.79 Å². The van der Waals surface area contributed by atoms with Crippen LogP contribution < -0.4 is 4.90 Å². The third-order valence-electron chi connectivity index (χ3n) is 4.87. The number of amides is 1. The first-order chi connectivity index (χ1) is 13.7. The molecular formula is C20H19N5OS2. The number of nitrogens with zero attached hydrogens (tertiary/aromatic N) is 4. The molecule has 1 aliphatic heterocycles. The molecule has 3 heterocycles. The summed E-state index contributed by atoms with van der Waals surface area (Å²) in [7, 11) is 0. The van der Waals surface area contributed by atoms with Crippen molar-refractivity contribution in [2.45, 2.75) is 28.6 Å². The standard InChI is InChI=1S/C20H19N5OS2/c1-13-10-11-24(16-8-4-5-9-17(16)28-13)18(26)12-27-20-23-22-19-21-14-6-2-3-7-15(14)25(19)20/h2-9,13H,10-12H2,1H3,(H,21,22). The molecule has 2 aromatic heterocycles. The molecule has 0 saturated heterocycles. The van der Waals surface area contributed by atoms with E-state index in [0.717, 1.165) is 34.8 Å². The zero-order chi connectivity index (χ0) is 19.1. The fourth-order valence-corrected chi connectivity index (χ4v) is 5.43. The molecule has 1 N–H and O–H groups in total. The van der Waals surface area contributed by atoms with E-state index in [4.69, 9.17) is 0 Å². The molecule has 0 spiro atoms. The molecule has 0 bridgehead atoms. The highest BCUT2D eigenvalue weighted by atomic mass is 32.2. The minimum Gasteiger partial charge on any atom is -0.311 e. The molecule has 5 rings (SSSR count). The van der Waals surface area contributed by atoms with Gasteiger partial charge in [-0.1, -0.05) is 43.0 Å². The van der Waals surface area contributed by atoms with Crippen molar-refractivity contribution in [2.75, 3.05) is 17.2 Å². The number of anilines is 1. The highest BCUT2D eigenvalue weighted by molar-refractivity contribution is 8.00. The average molecular weight is 410 g/mol. The largest absolute Gasteiger partial charge is 0.311 e. The molecule has 0 aliphatic carbocycles. The van der Waals surface area contributed by atoms with Crippen LogP contribution >= 0.6 is 23.5 Å². The molecule has 1 amide bonds. The van der Waals surface area contributed by atoms with E-state index < -0.39 is 0 Å². The number of nitrogens with one attached hydrogen (secondary N) is 1. The van der Waals surface area contributed by atoms with Crippen LogP contribution in [0.15, 0.2) is 58.6 Å². The fourth-order valence-electron chi connectivity index (χ4n) is 3.49. The Labute approximate surface area is 170 Å². The summed E-state index contributed by atoms with van der Waals surface area (Å²) in [4.78, 5) is 20.7. The van der Waals surface area contributed by atoms with Gasteiger partial charge in [0.05, 0.1) is 22.5 Å². The number of para-hydroxylation sites is 3. The lowest BCUT2D eigenvalue weighted by Gasteiger charge is -2.22. The molecule has 4 aromatic rings. The number of hydrogen-bond donors (Lipinski definition) is 1. The molecule has 2 aromatic carbocycles. The number of rotatable bonds is 3. The topological polar surface area (TPSA) is 66.3 Å². The van der Waals surface area contributed by atoms with Crippen LogP contribution in [-0.4, -0.2) is 43.0 Å². The first-order valence-corrected chi connectivity index (χ1v) is 11.1. The van der Waals surface area contributed by atoms with E-state index >= 15 is 0 Å². The van der Waals surface area contributed by atoms with Crippen molar-refractivity contribution in [1.29, 1.82) is 0 Å². The number of benzene rings is 2. The van der Waals surface area contributed by atoms with Gasteiger partial charge in [0.1, 0.15) is 0 Å². The van der Waals surface area contributed by atoms with Gasteiger partial charge in [0.25, 0.3) is 0 Å². The Morgan fingerprint density at radius 2 is 2.07 bits per heavy atom. The second-order valence-electron chi connectivity index (χ2n) is 6.78. The van der Waals surface area contributed by atoms with Crippen molar-refractivity contribution in [2.24, 2.45) is 0 Å². The predicted octanol–water partition coefficient (Wildman–Crippen LogP) is 4.22. The van der Waals surface area contributed by atoms with Crippen LogP contribution in [0.4, 0.5) is 5.69 Å². The van der Waals surface area contributed by atoms with Gasteiger partial charge in [-0.3, -0.25) is 9.20 Å². The second-order valence-corrected chi connectivity index (χ2v) is 9.21. The van der Waals surface area contributed by atoms with Gasteiger partial charge < -0.3 is 4.90 Å². The Hall–Kier alpha value is -2.45. The third kappa shape index (κ3) is 3.06. The van der Waals surface area contributed by atoms with E-state index in [9.17, 15) is 4.79 Å². The number of thioether (sulfide) groups is 2. The molecule has 1 aliphatic rings. The van der Waals surface area contributed by atoms with Gasteiger partial charge in [-0.25, -0.2) is 10.1 Å². The summed E-state index contributed by atoms with van der Waals surface area (Å²) in [6.07, 6.45) is 0.981. The SMILES string of the molecule is CC1CCN(C(=O)CSc2n[nH]c3nc4ccccc4n23)c2ccccc2S1. The quantitative estimate of drug-likeness (QED) is 0.513. The van der Waals surface area contributed by atoms with E-state index in [1.807, 2.05) is 63.5 Å². The number of carbonyl (C=O) groups is 1. The summed E-state index contributed by atoms with van der Waals surface area (Å²) in [5.41, 5.74) is 2.92. The molecule has 0 radical (unpaired) electrons. The lowest BCUT2D eigenvalue weighted by atomic mass is 10.2. The Bertz CT molecular complexity index is 1170. The maximum absolute atomic E-state index is 13.1. The highest BCUT2D eigenvalue weighted by Crippen LogP contribution is 2.37. The van der Waals surface area contributed by atoms with Gasteiger partial charge in [-0.2, -0.15) is 0 Å². The number of H-pyrrole nitrogens is 1. The summed E-state index contributed by atoms with van der Waals surface area (Å²) in [6.45, 7) is 2.96. The van der Waals surface area contributed by atoms with Gasteiger partial charge in [-0.05, 0) is 30.7 Å². The van der Waals surface area contributed by atoms with Crippen molar-refractivity contribution in [3.8, 4) is 0 Å². The van der Waals surface area contributed by atoms with E-state index in [1.54, 1.807) is 0 Å². The molecule has 28 heavy (non-hydrogen) atoms. The zero-order valence-electron chi connectivity index (χ0n) is 15.3. The lowest BCUT2D eigenvalue weighted by molar-refractivity contribution is -0.116. The molecular weight excluding hydrogens is 390 g/mol. The zero-order valence-corrected chi connectivity index (χ0v) is 17.0. The average Bonchev–Trinajstić information content (AvgIpc) is 3.21. The normalized spacial score (nSPS) is 17.0. The second kappa shape index (κ2) is 7.18. The van der Waals surface area contributed by atoms with Crippen LogP contribution in [0, 0.1) is 0 Å². The molecule has 1 atom stereocenters. The molecule has 1 unspecified atom stereocenters. The maximum atomic E-state index is 13.1. The van der Waals surface area contributed by atoms with Gasteiger partial charge in [0.15, 0.2) is 5.16 Å². The monoisotopic (exact) mass is 409 g/mol. The smallest absolute Gasteiger partial charge is 0.237 e. The molecule has 8 heteroatoms. The van der Waals surface area contributed by atoms with Crippen molar-refractivity contribution in [3.63, 3.8) is 0 Å². The summed E-state index contributed by atoms with van der Waals surface area (Å²) < 4.78 is 1.97. The number of imidazole rings is 1. The van der Waals surface area contributed by atoms with Crippen molar-refractivity contribution in [1.82, 2.24) is 19.6 Å². The summed E-state index contributed by atoms with van der Waals surface area (Å²) in [6, 6.07) is 16.1. The highest BCUT2D eigenvalue weighted by Gasteiger charge is 2.24. The number of aromatic nitrogens is 4. The summed E-state index contributed by atoms with van der Waals surface area (Å²) >= 11 is 3.29. The molecule has 6 nitrogen and oxygen atoms in total. The minimum absolute atomic E-state index is 0.104. The Morgan fingerprint density at radius 3 is 3.00 bits per heavy atom. The summed E-state index contributed by atoms with van der Waals surface area (Å²) in [5.74, 6) is 1.13. The van der Waals surface area contributed by atoms with Crippen LogP contribution in [0.25, 0.3) is 16.8 Å². The Kier molecular flexibility index (Phi) is 4.52. The minimum atomic E-state index is 0.104. The van der Waals surface area contributed by atoms with Crippen molar-refractivity contribution < 1.29 is 4.79 Å². The van der Waals surface area contributed by atoms with Crippen molar-refractivity contribution >= 4 is 51.9 Å². The molecule has 0 fully saturated rings. The van der Waals surface area contributed by atoms with E-state index in [-0.39, 0.29) is 5.91 Å². The third-order valence-corrected chi connectivity index (χ3v) is 7.03. The van der Waals surface area contributed by atoms with Crippen LogP contribution in [0.1, 0.15) is 13.3 Å². The first-order valence-electron chi connectivity index (χ1n) is 9.21. The van der Waals surface area contributed by atoms with Gasteiger partial charge in [0, 0.05) is 16.7 Å². The molecule has 0 saturated carbocycles.